The van der Waals surface area contributed by atoms with E-state index >= 15 is 0 Å². The highest BCUT2D eigenvalue weighted by molar-refractivity contribution is 5.51. The number of hydrogen-bond donors (Lipinski definition) is 0. The van der Waals surface area contributed by atoms with Crippen molar-refractivity contribution in [2.24, 2.45) is 0 Å². The van der Waals surface area contributed by atoms with Crippen molar-refractivity contribution in [2.75, 3.05) is 20.0 Å². The predicted octanol–water partition coefficient (Wildman–Crippen LogP) is 2.96. The number of aromatic nitrogens is 3. The van der Waals surface area contributed by atoms with E-state index in [2.05, 4.69) is 15.2 Å². The average Bonchev–Trinajstić information content (AvgIpc) is 3.38. The molecule has 26 heavy (non-hydrogen) atoms. The number of nitrogens with zero attached hydrogens (tertiary/aromatic N) is 3. The molecule has 0 saturated carbocycles. The smallest absolute Gasteiger partial charge is 0.249 e. The number of pyridine rings is 1. The normalized spacial score (nSPS) is 18.0. The molecule has 0 atom stereocenters. The fourth-order valence-corrected chi connectivity index (χ4v) is 3.56. The summed E-state index contributed by atoms with van der Waals surface area (Å²) in [5, 5.41) is 8.64. The van der Waals surface area contributed by atoms with Crippen LogP contribution in [0.2, 0.25) is 0 Å². The van der Waals surface area contributed by atoms with E-state index < -0.39 is 5.41 Å². The Morgan fingerprint density at radius 3 is 2.69 bits per heavy atom. The number of hydrogen-bond acceptors (Lipinski definition) is 7. The van der Waals surface area contributed by atoms with Crippen LogP contribution >= 0.6 is 0 Å². The van der Waals surface area contributed by atoms with Gasteiger partial charge in [-0.25, -0.2) is 0 Å². The first-order chi connectivity index (χ1) is 12.9. The molecule has 0 unspecified atom stereocenters. The lowest BCUT2D eigenvalue weighted by Crippen LogP contribution is -2.35. The van der Waals surface area contributed by atoms with Crippen molar-refractivity contribution in [3.05, 3.63) is 54.2 Å². The summed E-state index contributed by atoms with van der Waals surface area (Å²) in [5.41, 5.74) is 1.48. The molecule has 7 heteroatoms. The van der Waals surface area contributed by atoms with Gasteiger partial charge in [-0.1, -0.05) is 6.07 Å². The number of benzene rings is 1. The van der Waals surface area contributed by atoms with E-state index in [1.54, 1.807) is 12.4 Å². The lowest BCUT2D eigenvalue weighted by Gasteiger charge is -2.34. The number of rotatable bonds is 3. The van der Waals surface area contributed by atoms with E-state index in [-0.39, 0.29) is 6.79 Å². The van der Waals surface area contributed by atoms with Crippen LogP contribution in [-0.2, 0) is 10.2 Å². The summed E-state index contributed by atoms with van der Waals surface area (Å²) in [6, 6.07) is 9.75. The zero-order chi connectivity index (χ0) is 17.4. The van der Waals surface area contributed by atoms with Gasteiger partial charge in [-0.05, 0) is 42.7 Å². The van der Waals surface area contributed by atoms with Crippen LogP contribution in [0, 0.1) is 0 Å². The largest absolute Gasteiger partial charge is 0.454 e. The van der Waals surface area contributed by atoms with E-state index in [1.807, 2.05) is 30.3 Å². The zero-order valence-electron chi connectivity index (χ0n) is 14.1. The monoisotopic (exact) mass is 351 g/mol. The molecule has 7 nitrogen and oxygen atoms in total. The van der Waals surface area contributed by atoms with Crippen molar-refractivity contribution in [3.8, 4) is 23.0 Å². The van der Waals surface area contributed by atoms with Crippen LogP contribution in [0.4, 0.5) is 0 Å². The second-order valence-electron chi connectivity index (χ2n) is 6.42. The van der Waals surface area contributed by atoms with Gasteiger partial charge in [0.2, 0.25) is 18.6 Å². The summed E-state index contributed by atoms with van der Waals surface area (Å²) < 4.78 is 22.7. The van der Waals surface area contributed by atoms with Gasteiger partial charge in [-0.3, -0.25) is 4.98 Å². The first-order valence-corrected chi connectivity index (χ1v) is 8.57. The second kappa shape index (κ2) is 6.10. The van der Waals surface area contributed by atoms with Crippen LogP contribution in [0.1, 0.15) is 24.3 Å². The molecule has 5 rings (SSSR count). The Kier molecular flexibility index (Phi) is 3.60. The second-order valence-corrected chi connectivity index (χ2v) is 6.42. The quantitative estimate of drug-likeness (QED) is 0.718. The molecular formula is C19H17N3O4. The molecule has 132 valence electrons. The van der Waals surface area contributed by atoms with E-state index in [9.17, 15) is 0 Å². The first kappa shape index (κ1) is 15.3. The Labute approximate surface area is 149 Å². The van der Waals surface area contributed by atoms with Gasteiger partial charge in [0.05, 0.1) is 11.0 Å². The van der Waals surface area contributed by atoms with Crippen molar-refractivity contribution in [3.63, 3.8) is 0 Å². The third-order valence-corrected chi connectivity index (χ3v) is 5.01. The molecule has 1 aromatic carbocycles. The molecule has 1 saturated heterocycles. The molecule has 0 bridgehead atoms. The molecule has 2 aliphatic rings. The van der Waals surface area contributed by atoms with Crippen LogP contribution in [-0.4, -0.2) is 35.2 Å². The van der Waals surface area contributed by atoms with Crippen molar-refractivity contribution in [1.29, 1.82) is 0 Å². The van der Waals surface area contributed by atoms with Crippen LogP contribution in [0.25, 0.3) is 11.5 Å². The summed E-state index contributed by atoms with van der Waals surface area (Å²) in [4.78, 5) is 4.12. The molecule has 0 N–H and O–H groups in total. The zero-order valence-corrected chi connectivity index (χ0v) is 14.1. The van der Waals surface area contributed by atoms with Gasteiger partial charge in [-0.2, -0.15) is 0 Å². The van der Waals surface area contributed by atoms with Gasteiger partial charge in [-0.15, -0.1) is 10.2 Å². The molecule has 0 aliphatic carbocycles. The maximum atomic E-state index is 6.10. The van der Waals surface area contributed by atoms with E-state index in [1.165, 1.54) is 0 Å². The topological polar surface area (TPSA) is 79.5 Å². The van der Waals surface area contributed by atoms with Crippen LogP contribution in [0.3, 0.4) is 0 Å². The molecule has 3 aromatic rings. The first-order valence-electron chi connectivity index (χ1n) is 8.57. The summed E-state index contributed by atoms with van der Waals surface area (Å²) in [5.74, 6) is 2.58. The van der Waals surface area contributed by atoms with Crippen molar-refractivity contribution >= 4 is 0 Å². The molecule has 1 fully saturated rings. The minimum atomic E-state index is -0.396. The van der Waals surface area contributed by atoms with Gasteiger partial charge >= 0.3 is 0 Å². The third-order valence-electron chi connectivity index (χ3n) is 5.01. The van der Waals surface area contributed by atoms with Crippen LogP contribution in [0.15, 0.2) is 47.1 Å². The van der Waals surface area contributed by atoms with Gasteiger partial charge in [0.1, 0.15) is 0 Å². The van der Waals surface area contributed by atoms with Gasteiger partial charge < -0.3 is 18.6 Å². The number of fused-ring (bicyclic) bond motifs is 1. The Bertz CT molecular complexity index is 920. The van der Waals surface area contributed by atoms with Gasteiger partial charge in [0, 0.05) is 25.6 Å². The van der Waals surface area contributed by atoms with Crippen LogP contribution in [0.5, 0.6) is 11.5 Å². The van der Waals surface area contributed by atoms with Crippen molar-refractivity contribution < 1.29 is 18.6 Å². The van der Waals surface area contributed by atoms with Crippen LogP contribution < -0.4 is 9.47 Å². The minimum absolute atomic E-state index is 0.251. The highest BCUT2D eigenvalue weighted by Crippen LogP contribution is 2.44. The maximum absolute atomic E-state index is 6.10. The summed E-state index contributed by atoms with van der Waals surface area (Å²) in [6.45, 7) is 1.53. The Morgan fingerprint density at radius 1 is 0.962 bits per heavy atom. The van der Waals surface area contributed by atoms with E-state index in [0.29, 0.717) is 25.0 Å². The summed E-state index contributed by atoms with van der Waals surface area (Å²) >= 11 is 0. The SMILES string of the molecule is c1cncc(-c2nnc(C3(c4ccc5c(c4)OCO5)CCOCC3)o2)c1. The molecule has 2 aliphatic heterocycles. The predicted molar refractivity (Wildman–Crippen MR) is 90.9 cm³/mol. The maximum Gasteiger partial charge on any atom is 0.249 e. The Balaban J connectivity index is 1.59. The molecule has 0 amide bonds. The number of ether oxygens (including phenoxy) is 3. The van der Waals surface area contributed by atoms with E-state index in [0.717, 1.165) is 35.5 Å². The average molecular weight is 351 g/mol. The standard InChI is InChI=1S/C19H17N3O4/c1-2-13(11-20-7-1)17-21-22-18(26-17)19(5-8-23-9-6-19)14-3-4-15-16(10-14)25-12-24-15/h1-4,7,10-11H,5-6,8-9,12H2. The molecular weight excluding hydrogens is 334 g/mol. The van der Waals surface area contributed by atoms with Gasteiger partial charge in [0.25, 0.3) is 0 Å². The third kappa shape index (κ3) is 2.43. The highest BCUT2D eigenvalue weighted by atomic mass is 16.7. The van der Waals surface area contributed by atoms with Crippen molar-refractivity contribution in [2.45, 2.75) is 18.3 Å². The van der Waals surface area contributed by atoms with E-state index in [4.69, 9.17) is 18.6 Å². The lowest BCUT2D eigenvalue weighted by atomic mass is 9.74. The molecule has 0 spiro atoms. The van der Waals surface area contributed by atoms with Gasteiger partial charge in [0.15, 0.2) is 11.5 Å². The summed E-state index contributed by atoms with van der Waals surface area (Å²) in [6.07, 6.45) is 4.96. The fraction of sp³-hybridized carbons (Fsp3) is 0.316. The lowest BCUT2D eigenvalue weighted by molar-refractivity contribution is 0.0545. The Hall–Kier alpha value is -2.93. The van der Waals surface area contributed by atoms with Crippen molar-refractivity contribution in [1.82, 2.24) is 15.2 Å². The Morgan fingerprint density at radius 2 is 1.85 bits per heavy atom. The molecule has 4 heterocycles. The minimum Gasteiger partial charge on any atom is -0.454 e. The fourth-order valence-electron chi connectivity index (χ4n) is 3.56. The molecule has 2 aromatic heterocycles. The summed E-state index contributed by atoms with van der Waals surface area (Å²) in [7, 11) is 0. The molecule has 0 radical (unpaired) electrons. The highest BCUT2D eigenvalue weighted by Gasteiger charge is 2.42.